The zero-order chi connectivity index (χ0) is 14.0. The lowest BCUT2D eigenvalue weighted by Crippen LogP contribution is -2.47. The van der Waals surface area contributed by atoms with Crippen LogP contribution in [0.2, 0.25) is 0 Å². The van der Waals surface area contributed by atoms with Crippen molar-refractivity contribution < 1.29 is 17.9 Å². The van der Waals surface area contributed by atoms with E-state index in [1.54, 1.807) is 10.9 Å². The fourth-order valence-electron chi connectivity index (χ4n) is 2.55. The van der Waals surface area contributed by atoms with Crippen LogP contribution in [0.25, 0.3) is 0 Å². The summed E-state index contributed by atoms with van der Waals surface area (Å²) >= 11 is 0. The first-order valence-corrected chi connectivity index (χ1v) is 6.39. The van der Waals surface area contributed by atoms with Gasteiger partial charge in [-0.15, -0.1) is 0 Å². The van der Waals surface area contributed by atoms with Crippen molar-refractivity contribution in [3.8, 4) is 5.75 Å². The molecule has 0 bridgehead atoms. The summed E-state index contributed by atoms with van der Waals surface area (Å²) in [4.78, 5) is 0. The van der Waals surface area contributed by atoms with Gasteiger partial charge in [-0.1, -0.05) is 0 Å². The Morgan fingerprint density at radius 2 is 2.21 bits per heavy atom. The Bertz CT molecular complexity index is 409. The fourth-order valence-corrected chi connectivity index (χ4v) is 2.55. The number of hydrogen-bond acceptors (Lipinski definition) is 3. The van der Waals surface area contributed by atoms with Gasteiger partial charge in [-0.3, -0.25) is 10.00 Å². The zero-order valence-corrected chi connectivity index (χ0v) is 11.0. The highest BCUT2D eigenvalue weighted by Crippen LogP contribution is 2.36. The summed E-state index contributed by atoms with van der Waals surface area (Å²) in [5.74, 6) is 0.544. The lowest BCUT2D eigenvalue weighted by Gasteiger charge is -2.32. The predicted octanol–water partition coefficient (Wildman–Crippen LogP) is 2.66. The second kappa shape index (κ2) is 5.40. The second-order valence-corrected chi connectivity index (χ2v) is 4.66. The van der Waals surface area contributed by atoms with Crippen molar-refractivity contribution in [1.29, 1.82) is 0 Å². The molecule has 0 radical (unpaired) electrons. The maximum absolute atomic E-state index is 12.8. The van der Waals surface area contributed by atoms with Gasteiger partial charge in [-0.05, 0) is 26.2 Å². The third-order valence-electron chi connectivity index (χ3n) is 3.48. The first kappa shape index (κ1) is 14.2. The Kier molecular flexibility index (Phi) is 4.03. The molecule has 0 aliphatic carbocycles. The van der Waals surface area contributed by atoms with Gasteiger partial charge in [0.15, 0.2) is 5.75 Å². The SMILES string of the molecule is CCn1ncc(OC)c1C1CCCC(C(F)(F)F)N1. The van der Waals surface area contributed by atoms with Crippen molar-refractivity contribution in [2.24, 2.45) is 0 Å². The van der Waals surface area contributed by atoms with E-state index in [1.165, 1.54) is 7.11 Å². The Morgan fingerprint density at radius 1 is 1.47 bits per heavy atom. The van der Waals surface area contributed by atoms with Gasteiger partial charge >= 0.3 is 6.18 Å². The van der Waals surface area contributed by atoms with E-state index in [9.17, 15) is 13.2 Å². The molecule has 7 heteroatoms. The Labute approximate surface area is 109 Å². The number of rotatable bonds is 3. The molecule has 19 heavy (non-hydrogen) atoms. The van der Waals surface area contributed by atoms with Gasteiger partial charge in [0, 0.05) is 6.54 Å². The molecule has 1 fully saturated rings. The van der Waals surface area contributed by atoms with Crippen LogP contribution < -0.4 is 10.1 Å². The van der Waals surface area contributed by atoms with Crippen LogP contribution in [0.5, 0.6) is 5.75 Å². The lowest BCUT2D eigenvalue weighted by molar-refractivity contribution is -0.163. The molecule has 0 aromatic carbocycles. The zero-order valence-electron chi connectivity index (χ0n) is 11.0. The number of aromatic nitrogens is 2. The minimum Gasteiger partial charge on any atom is -0.493 e. The largest absolute Gasteiger partial charge is 0.493 e. The van der Waals surface area contributed by atoms with E-state index < -0.39 is 12.2 Å². The molecule has 1 aliphatic heterocycles. The molecule has 1 aromatic rings. The monoisotopic (exact) mass is 277 g/mol. The van der Waals surface area contributed by atoms with E-state index in [-0.39, 0.29) is 12.5 Å². The van der Waals surface area contributed by atoms with Gasteiger partial charge in [-0.2, -0.15) is 18.3 Å². The van der Waals surface area contributed by atoms with Crippen molar-refractivity contribution >= 4 is 0 Å². The molecule has 0 saturated carbocycles. The summed E-state index contributed by atoms with van der Waals surface area (Å²) < 4.78 is 45.3. The number of nitrogens with one attached hydrogen (secondary N) is 1. The maximum Gasteiger partial charge on any atom is 0.403 e. The second-order valence-electron chi connectivity index (χ2n) is 4.66. The summed E-state index contributed by atoms with van der Waals surface area (Å²) in [7, 11) is 1.50. The molecule has 108 valence electrons. The molecule has 2 heterocycles. The molecule has 1 aliphatic rings. The predicted molar refractivity (Wildman–Crippen MR) is 64.0 cm³/mol. The molecule has 1 N–H and O–H groups in total. The van der Waals surface area contributed by atoms with Crippen LogP contribution in [0.4, 0.5) is 13.2 Å². The molecule has 1 saturated heterocycles. The number of piperidine rings is 1. The highest BCUT2D eigenvalue weighted by Gasteiger charge is 2.43. The smallest absolute Gasteiger partial charge is 0.403 e. The maximum atomic E-state index is 12.8. The highest BCUT2D eigenvalue weighted by atomic mass is 19.4. The van der Waals surface area contributed by atoms with Crippen LogP contribution in [0, 0.1) is 0 Å². The number of methoxy groups -OCH3 is 1. The minimum absolute atomic E-state index is 0.128. The number of alkyl halides is 3. The van der Waals surface area contributed by atoms with Gasteiger partial charge in [-0.25, -0.2) is 0 Å². The summed E-state index contributed by atoms with van der Waals surface area (Å²) in [6.45, 7) is 2.51. The highest BCUT2D eigenvalue weighted by molar-refractivity contribution is 5.29. The summed E-state index contributed by atoms with van der Waals surface area (Å²) in [5.41, 5.74) is 0.707. The van der Waals surface area contributed by atoms with Crippen LogP contribution in [-0.2, 0) is 6.54 Å². The van der Waals surface area contributed by atoms with E-state index in [1.807, 2.05) is 6.92 Å². The molecule has 1 aromatic heterocycles. The van der Waals surface area contributed by atoms with Crippen molar-refractivity contribution in [2.45, 2.75) is 51.0 Å². The van der Waals surface area contributed by atoms with Crippen LogP contribution >= 0.6 is 0 Å². The third-order valence-corrected chi connectivity index (χ3v) is 3.48. The topological polar surface area (TPSA) is 39.1 Å². The van der Waals surface area contributed by atoms with Crippen LogP contribution in [0.3, 0.4) is 0 Å². The first-order chi connectivity index (χ1) is 8.97. The van der Waals surface area contributed by atoms with Crippen molar-refractivity contribution in [1.82, 2.24) is 15.1 Å². The Morgan fingerprint density at radius 3 is 2.79 bits per heavy atom. The van der Waals surface area contributed by atoms with Gasteiger partial charge in [0.1, 0.15) is 6.04 Å². The van der Waals surface area contributed by atoms with E-state index in [4.69, 9.17) is 4.74 Å². The fraction of sp³-hybridized carbons (Fsp3) is 0.750. The van der Waals surface area contributed by atoms with Crippen LogP contribution in [-0.4, -0.2) is 29.1 Å². The average molecular weight is 277 g/mol. The average Bonchev–Trinajstić information content (AvgIpc) is 2.80. The molecule has 2 unspecified atom stereocenters. The Balaban J connectivity index is 2.24. The quantitative estimate of drug-likeness (QED) is 0.923. The molecule has 0 amide bonds. The van der Waals surface area contributed by atoms with Gasteiger partial charge < -0.3 is 4.74 Å². The van der Waals surface area contributed by atoms with Gasteiger partial charge in [0.2, 0.25) is 0 Å². The standard InChI is InChI=1S/C12H18F3N3O/c1-3-18-11(9(19-2)7-16-18)8-5-4-6-10(17-8)12(13,14)15/h7-8,10,17H,3-6H2,1-2H3. The van der Waals surface area contributed by atoms with E-state index in [0.29, 0.717) is 30.8 Å². The molecule has 0 spiro atoms. The lowest BCUT2D eigenvalue weighted by atomic mass is 9.95. The Hall–Kier alpha value is -1.24. The minimum atomic E-state index is -4.21. The molecular weight excluding hydrogens is 259 g/mol. The molecule has 2 rings (SSSR count). The molecule has 4 nitrogen and oxygen atoms in total. The van der Waals surface area contributed by atoms with E-state index in [0.717, 1.165) is 0 Å². The number of ether oxygens (including phenoxy) is 1. The third kappa shape index (κ3) is 2.86. The number of nitrogens with zero attached hydrogens (tertiary/aromatic N) is 2. The van der Waals surface area contributed by atoms with Crippen molar-refractivity contribution in [3.63, 3.8) is 0 Å². The molecule has 2 atom stereocenters. The molecular formula is C12H18F3N3O. The van der Waals surface area contributed by atoms with Crippen molar-refractivity contribution in [3.05, 3.63) is 11.9 Å². The number of halogens is 3. The van der Waals surface area contributed by atoms with E-state index >= 15 is 0 Å². The summed E-state index contributed by atoms with van der Waals surface area (Å²) in [6, 6.07) is -1.81. The number of aryl methyl sites for hydroxylation is 1. The number of hydrogen-bond donors (Lipinski definition) is 1. The van der Waals surface area contributed by atoms with E-state index in [2.05, 4.69) is 10.4 Å². The van der Waals surface area contributed by atoms with Crippen LogP contribution in [0.1, 0.15) is 37.9 Å². The van der Waals surface area contributed by atoms with Crippen LogP contribution in [0.15, 0.2) is 6.20 Å². The normalized spacial score (nSPS) is 24.5. The van der Waals surface area contributed by atoms with Crippen molar-refractivity contribution in [2.75, 3.05) is 7.11 Å². The first-order valence-electron chi connectivity index (χ1n) is 6.39. The summed E-state index contributed by atoms with van der Waals surface area (Å²) in [5, 5.41) is 6.82. The van der Waals surface area contributed by atoms with Gasteiger partial charge in [0.05, 0.1) is 25.0 Å². The summed E-state index contributed by atoms with van der Waals surface area (Å²) in [6.07, 6.45) is -1.32. The van der Waals surface area contributed by atoms with Gasteiger partial charge in [0.25, 0.3) is 0 Å².